The number of carbonyl (C=O) groups is 1. The molecule has 0 unspecified atom stereocenters. The van der Waals surface area contributed by atoms with Crippen molar-refractivity contribution >= 4 is 22.5 Å². The number of amides is 1. The van der Waals surface area contributed by atoms with E-state index in [0.717, 1.165) is 27.7 Å². The summed E-state index contributed by atoms with van der Waals surface area (Å²) in [6.45, 7) is 5.96. The van der Waals surface area contributed by atoms with E-state index in [-0.39, 0.29) is 5.91 Å². The lowest BCUT2D eigenvalue weighted by molar-refractivity contribution is 0.102. The van der Waals surface area contributed by atoms with Crippen LogP contribution in [-0.2, 0) is 0 Å². The normalized spacial score (nSPS) is 10.6. The first-order chi connectivity index (χ1) is 13.4. The van der Waals surface area contributed by atoms with Gasteiger partial charge in [-0.05, 0) is 50.6 Å². The third-order valence-electron chi connectivity index (χ3n) is 4.55. The number of ether oxygens (including phenoxy) is 3. The second kappa shape index (κ2) is 7.76. The van der Waals surface area contributed by atoms with E-state index in [9.17, 15) is 4.79 Å². The number of hydrogen-bond acceptors (Lipinski definition) is 5. The maximum absolute atomic E-state index is 13.0. The minimum absolute atomic E-state index is 0.273. The Balaban J connectivity index is 2.07. The zero-order valence-corrected chi connectivity index (χ0v) is 17.0. The van der Waals surface area contributed by atoms with Crippen LogP contribution < -0.4 is 19.5 Å². The van der Waals surface area contributed by atoms with E-state index in [1.54, 1.807) is 12.1 Å². The lowest BCUT2D eigenvalue weighted by Gasteiger charge is -2.15. The Labute approximate surface area is 164 Å². The minimum Gasteiger partial charge on any atom is -0.493 e. The number of benzene rings is 2. The zero-order valence-electron chi connectivity index (χ0n) is 17.0. The molecule has 0 fully saturated rings. The van der Waals surface area contributed by atoms with Crippen molar-refractivity contribution in [3.05, 3.63) is 52.7 Å². The summed E-state index contributed by atoms with van der Waals surface area (Å²) in [6, 6.07) is 9.24. The van der Waals surface area contributed by atoms with Crippen molar-refractivity contribution in [3.63, 3.8) is 0 Å². The predicted octanol–water partition coefficient (Wildman–Crippen LogP) is 4.44. The standard InChI is InChI=1S/C22H24N2O4/c1-12-7-13(2)20-16(8-12)17(9-14(3)23-20)24-22(25)15-10-18(26-4)21(28-6)19(11-15)27-5/h7-11H,1-6H3,(H,23,24,25). The van der Waals surface area contributed by atoms with Gasteiger partial charge in [-0.3, -0.25) is 9.78 Å². The van der Waals surface area contributed by atoms with Crippen molar-refractivity contribution in [3.8, 4) is 17.2 Å². The molecule has 0 spiro atoms. The van der Waals surface area contributed by atoms with Gasteiger partial charge in [0.25, 0.3) is 5.91 Å². The number of nitrogens with one attached hydrogen (secondary N) is 1. The number of methoxy groups -OCH3 is 3. The van der Waals surface area contributed by atoms with E-state index < -0.39 is 0 Å². The number of anilines is 1. The van der Waals surface area contributed by atoms with E-state index in [4.69, 9.17) is 14.2 Å². The van der Waals surface area contributed by atoms with Crippen molar-refractivity contribution in [2.75, 3.05) is 26.6 Å². The van der Waals surface area contributed by atoms with Gasteiger partial charge in [-0.25, -0.2) is 0 Å². The number of hydrogen-bond donors (Lipinski definition) is 1. The summed E-state index contributed by atoms with van der Waals surface area (Å²) in [4.78, 5) is 17.6. The highest BCUT2D eigenvalue weighted by atomic mass is 16.5. The molecule has 0 atom stereocenters. The first-order valence-electron chi connectivity index (χ1n) is 8.88. The monoisotopic (exact) mass is 380 g/mol. The number of carbonyl (C=O) groups excluding carboxylic acids is 1. The fourth-order valence-corrected chi connectivity index (χ4v) is 3.32. The summed E-state index contributed by atoms with van der Waals surface area (Å²) >= 11 is 0. The van der Waals surface area contributed by atoms with Crippen LogP contribution in [-0.4, -0.2) is 32.2 Å². The summed E-state index contributed by atoms with van der Waals surface area (Å²) in [5, 5.41) is 3.91. The van der Waals surface area contributed by atoms with E-state index in [2.05, 4.69) is 16.4 Å². The van der Waals surface area contributed by atoms with Crippen molar-refractivity contribution in [2.45, 2.75) is 20.8 Å². The van der Waals surface area contributed by atoms with Gasteiger partial charge >= 0.3 is 0 Å². The number of aryl methyl sites for hydroxylation is 3. The van der Waals surface area contributed by atoms with Crippen LogP contribution in [0, 0.1) is 20.8 Å². The highest BCUT2D eigenvalue weighted by Crippen LogP contribution is 2.38. The lowest BCUT2D eigenvalue weighted by Crippen LogP contribution is -2.13. The SMILES string of the molecule is COc1cc(C(=O)Nc2cc(C)nc3c(C)cc(C)cc23)cc(OC)c1OC. The van der Waals surface area contributed by atoms with Crippen LogP contribution in [0.4, 0.5) is 5.69 Å². The van der Waals surface area contributed by atoms with E-state index >= 15 is 0 Å². The van der Waals surface area contributed by atoms with Crippen LogP contribution in [0.1, 0.15) is 27.2 Å². The maximum atomic E-state index is 13.0. The smallest absolute Gasteiger partial charge is 0.255 e. The van der Waals surface area contributed by atoms with E-state index in [1.165, 1.54) is 21.3 Å². The van der Waals surface area contributed by atoms with Gasteiger partial charge in [0.15, 0.2) is 11.5 Å². The summed E-state index contributed by atoms with van der Waals surface area (Å²) in [7, 11) is 4.56. The van der Waals surface area contributed by atoms with Crippen molar-refractivity contribution < 1.29 is 19.0 Å². The summed E-state index contributed by atoms with van der Waals surface area (Å²) < 4.78 is 16.0. The van der Waals surface area contributed by atoms with Crippen molar-refractivity contribution in [1.82, 2.24) is 4.98 Å². The number of fused-ring (bicyclic) bond motifs is 1. The molecule has 2 aromatic carbocycles. The third-order valence-corrected chi connectivity index (χ3v) is 4.55. The molecule has 0 aliphatic heterocycles. The van der Waals surface area contributed by atoms with Crippen molar-refractivity contribution in [1.29, 1.82) is 0 Å². The quantitative estimate of drug-likeness (QED) is 0.709. The molecule has 6 heteroatoms. The van der Waals surface area contributed by atoms with Gasteiger partial charge in [-0.1, -0.05) is 11.6 Å². The Kier molecular flexibility index (Phi) is 5.40. The molecule has 6 nitrogen and oxygen atoms in total. The van der Waals surface area contributed by atoms with Gasteiger partial charge < -0.3 is 19.5 Å². The highest BCUT2D eigenvalue weighted by molar-refractivity contribution is 6.09. The average molecular weight is 380 g/mol. The molecule has 3 aromatic rings. The first-order valence-corrected chi connectivity index (χ1v) is 8.88. The van der Waals surface area contributed by atoms with Crippen LogP contribution in [0.3, 0.4) is 0 Å². The van der Waals surface area contributed by atoms with E-state index in [0.29, 0.717) is 28.5 Å². The molecule has 0 saturated heterocycles. The summed E-state index contributed by atoms with van der Waals surface area (Å²) in [5.74, 6) is 1.02. The van der Waals surface area contributed by atoms with E-state index in [1.807, 2.05) is 32.9 Å². The number of aromatic nitrogens is 1. The molecule has 28 heavy (non-hydrogen) atoms. The highest BCUT2D eigenvalue weighted by Gasteiger charge is 2.18. The van der Waals surface area contributed by atoms with Gasteiger partial charge in [-0.15, -0.1) is 0 Å². The molecule has 0 radical (unpaired) electrons. The molecule has 0 aliphatic carbocycles. The van der Waals surface area contributed by atoms with Gasteiger partial charge in [0, 0.05) is 16.6 Å². The van der Waals surface area contributed by atoms with Crippen LogP contribution >= 0.6 is 0 Å². The fraction of sp³-hybridized carbons (Fsp3) is 0.273. The second-order valence-electron chi connectivity index (χ2n) is 6.66. The second-order valence-corrected chi connectivity index (χ2v) is 6.66. The molecule has 1 heterocycles. The van der Waals surface area contributed by atoms with Crippen molar-refractivity contribution in [2.24, 2.45) is 0 Å². The molecule has 0 aliphatic rings. The minimum atomic E-state index is -0.273. The van der Waals surface area contributed by atoms with Gasteiger partial charge in [0.2, 0.25) is 5.75 Å². The van der Waals surface area contributed by atoms with Gasteiger partial charge in [0.05, 0.1) is 32.5 Å². The molecule has 0 saturated carbocycles. The third kappa shape index (κ3) is 3.58. The zero-order chi connectivity index (χ0) is 20.4. The maximum Gasteiger partial charge on any atom is 0.255 e. The molecule has 146 valence electrons. The molecule has 3 rings (SSSR count). The predicted molar refractivity (Wildman–Crippen MR) is 110 cm³/mol. The summed E-state index contributed by atoms with van der Waals surface area (Å²) in [5.41, 5.74) is 5.01. The first kappa shape index (κ1) is 19.5. The fourth-order valence-electron chi connectivity index (χ4n) is 3.32. The molecule has 1 N–H and O–H groups in total. The number of rotatable bonds is 5. The van der Waals surface area contributed by atoms with Crippen LogP contribution in [0.2, 0.25) is 0 Å². The van der Waals surface area contributed by atoms with Crippen LogP contribution in [0.15, 0.2) is 30.3 Å². The molecule has 0 bridgehead atoms. The summed E-state index contributed by atoms with van der Waals surface area (Å²) in [6.07, 6.45) is 0. The lowest BCUT2D eigenvalue weighted by atomic mass is 10.0. The van der Waals surface area contributed by atoms with Gasteiger partial charge in [-0.2, -0.15) is 0 Å². The van der Waals surface area contributed by atoms with Crippen LogP contribution in [0.25, 0.3) is 10.9 Å². The van der Waals surface area contributed by atoms with Crippen LogP contribution in [0.5, 0.6) is 17.2 Å². The Morgan fingerprint density at radius 2 is 1.54 bits per heavy atom. The Morgan fingerprint density at radius 1 is 0.893 bits per heavy atom. The topological polar surface area (TPSA) is 69.7 Å². The van der Waals surface area contributed by atoms with Gasteiger partial charge in [0.1, 0.15) is 0 Å². The molecular formula is C22H24N2O4. The molecule has 1 aromatic heterocycles. The Hall–Kier alpha value is -3.28. The number of nitrogens with zero attached hydrogens (tertiary/aromatic N) is 1. The number of pyridine rings is 1. The Bertz CT molecular complexity index is 1040. The Morgan fingerprint density at radius 3 is 2.11 bits per heavy atom. The molecule has 1 amide bonds. The molecular weight excluding hydrogens is 356 g/mol. The average Bonchev–Trinajstić information content (AvgIpc) is 2.67. The largest absolute Gasteiger partial charge is 0.493 e.